The smallest absolute Gasteiger partial charge is 0.366 e. The van der Waals surface area contributed by atoms with Crippen LogP contribution in [-0.2, 0) is 5.54 Å². The zero-order chi connectivity index (χ0) is 24.8. The third-order valence-electron chi connectivity index (χ3n) is 6.38. The summed E-state index contributed by atoms with van der Waals surface area (Å²) >= 11 is 0. The maximum absolute atomic E-state index is 12.7. The van der Waals surface area contributed by atoms with E-state index in [0.29, 0.717) is 19.6 Å². The second-order valence-corrected chi connectivity index (χ2v) is 8.70. The molecule has 0 spiro atoms. The summed E-state index contributed by atoms with van der Waals surface area (Å²) < 4.78 is 40.0. The molecule has 4 N–H and O–H groups in total. The number of amides is 1. The van der Waals surface area contributed by atoms with Gasteiger partial charge in [-0.05, 0) is 37.3 Å². The maximum Gasteiger partial charge on any atom is 0.408 e. The van der Waals surface area contributed by atoms with Crippen LogP contribution in [0.1, 0.15) is 17.3 Å². The van der Waals surface area contributed by atoms with Gasteiger partial charge in [0.25, 0.3) is 5.91 Å². The number of nitrogens with two attached hydrogens (primary N) is 1. The summed E-state index contributed by atoms with van der Waals surface area (Å²) in [6.45, 7) is 2.45. The molecule has 1 aliphatic heterocycles. The van der Waals surface area contributed by atoms with Crippen molar-refractivity contribution >= 4 is 22.6 Å². The predicted molar refractivity (Wildman–Crippen MR) is 124 cm³/mol. The number of carbonyl (C=O) groups is 1. The number of fused-ring (bicyclic) bond motifs is 1. The highest BCUT2D eigenvalue weighted by atomic mass is 19.4. The van der Waals surface area contributed by atoms with Crippen LogP contribution in [0.3, 0.4) is 0 Å². The van der Waals surface area contributed by atoms with Crippen molar-refractivity contribution in [3.05, 3.63) is 60.8 Å². The summed E-state index contributed by atoms with van der Waals surface area (Å²) in [4.78, 5) is 25.9. The molecule has 182 valence electrons. The number of H-pyrrole nitrogens is 1. The van der Waals surface area contributed by atoms with Crippen LogP contribution in [0, 0.1) is 0 Å². The van der Waals surface area contributed by atoms with Crippen molar-refractivity contribution in [3.63, 3.8) is 0 Å². The van der Waals surface area contributed by atoms with E-state index in [9.17, 15) is 18.0 Å². The maximum atomic E-state index is 12.7. The molecule has 4 heterocycles. The van der Waals surface area contributed by atoms with Crippen molar-refractivity contribution in [2.45, 2.75) is 24.7 Å². The van der Waals surface area contributed by atoms with Crippen molar-refractivity contribution in [1.82, 2.24) is 30.0 Å². The summed E-state index contributed by atoms with van der Waals surface area (Å²) in [7, 11) is 0. The van der Waals surface area contributed by atoms with Gasteiger partial charge in [0.1, 0.15) is 23.6 Å². The second-order valence-electron chi connectivity index (χ2n) is 8.70. The van der Waals surface area contributed by atoms with E-state index in [2.05, 4.69) is 25.0 Å². The number of aromatic amines is 1. The number of hydrogen-bond donors (Lipinski definition) is 3. The lowest BCUT2D eigenvalue weighted by molar-refractivity contribution is -0.149. The Bertz CT molecular complexity index is 1360. The Balaban J connectivity index is 1.28. The molecule has 1 atom stereocenters. The molecule has 0 aliphatic carbocycles. The van der Waals surface area contributed by atoms with Crippen molar-refractivity contribution in [3.8, 4) is 11.3 Å². The summed E-state index contributed by atoms with van der Waals surface area (Å²) in [5.74, 6) is -0.772. The molecule has 4 aromatic rings. The fourth-order valence-corrected chi connectivity index (χ4v) is 4.21. The van der Waals surface area contributed by atoms with E-state index in [1.54, 1.807) is 18.3 Å². The lowest BCUT2D eigenvalue weighted by Gasteiger charge is -2.50. The lowest BCUT2D eigenvalue weighted by atomic mass is 9.89. The molecule has 0 saturated carbocycles. The van der Waals surface area contributed by atoms with Gasteiger partial charge in [-0.3, -0.25) is 9.48 Å². The van der Waals surface area contributed by atoms with Gasteiger partial charge in [-0.2, -0.15) is 18.3 Å². The number of nitrogens with zero attached hydrogens (tertiary/aromatic N) is 5. The van der Waals surface area contributed by atoms with Crippen LogP contribution in [0.5, 0.6) is 0 Å². The summed E-state index contributed by atoms with van der Waals surface area (Å²) in [5, 5.41) is 7.42. The molecule has 1 saturated heterocycles. The van der Waals surface area contributed by atoms with E-state index in [0.717, 1.165) is 34.9 Å². The normalized spacial score (nSPS) is 16.2. The molecule has 1 unspecified atom stereocenters. The Morgan fingerprint density at radius 2 is 1.97 bits per heavy atom. The average Bonchev–Trinajstić information content (AvgIpc) is 3.48. The van der Waals surface area contributed by atoms with Crippen molar-refractivity contribution in [2.75, 3.05) is 24.5 Å². The highest BCUT2D eigenvalue weighted by Crippen LogP contribution is 2.34. The fraction of sp³-hybridized carbons (Fsp3) is 0.304. The number of anilines is 1. The molecule has 0 radical (unpaired) electrons. The molecule has 35 heavy (non-hydrogen) atoms. The molecule has 9 nitrogen and oxygen atoms in total. The van der Waals surface area contributed by atoms with Crippen LogP contribution in [0.15, 0.2) is 55.2 Å². The number of benzene rings is 1. The Labute approximate surface area is 198 Å². The van der Waals surface area contributed by atoms with Gasteiger partial charge in [-0.25, -0.2) is 9.97 Å². The number of alkyl halides is 3. The molecular weight excluding hydrogens is 461 g/mol. The quantitative estimate of drug-likeness (QED) is 0.387. The van der Waals surface area contributed by atoms with Gasteiger partial charge in [0.2, 0.25) is 0 Å². The monoisotopic (exact) mass is 484 g/mol. The van der Waals surface area contributed by atoms with Gasteiger partial charge in [0, 0.05) is 54.2 Å². The summed E-state index contributed by atoms with van der Waals surface area (Å²) in [6.07, 6.45) is 2.50. The number of aromatic nitrogens is 5. The first-order valence-electron chi connectivity index (χ1n) is 11.0. The minimum atomic E-state index is -4.49. The number of halogens is 3. The second kappa shape index (κ2) is 8.38. The average molecular weight is 484 g/mol. The Hall–Kier alpha value is -3.93. The van der Waals surface area contributed by atoms with Crippen LogP contribution >= 0.6 is 0 Å². The van der Waals surface area contributed by atoms with Crippen molar-refractivity contribution in [1.29, 1.82) is 0 Å². The first-order valence-corrected chi connectivity index (χ1v) is 11.0. The Morgan fingerprint density at radius 3 is 2.66 bits per heavy atom. The zero-order valence-corrected chi connectivity index (χ0v) is 18.8. The zero-order valence-electron chi connectivity index (χ0n) is 18.8. The Morgan fingerprint density at radius 1 is 1.23 bits per heavy atom. The van der Waals surface area contributed by atoms with E-state index >= 15 is 0 Å². The fourth-order valence-electron chi connectivity index (χ4n) is 4.21. The van der Waals surface area contributed by atoms with Crippen molar-refractivity contribution in [2.24, 2.45) is 5.73 Å². The Kier molecular flexibility index (Phi) is 5.47. The standard InChI is InChI=1S/C23H23F3N8O/c1-14(23(24,25)26)32-21(35)15-2-4-17(5-3-15)33-11-22(10-27,12-33)34-9-16(8-31-34)19-18-6-7-28-20(18)30-13-29-19/h2-9,13-14H,10-12,27H2,1H3,(H,32,35)(H,28,29,30). The van der Waals surface area contributed by atoms with Crippen LogP contribution in [0.4, 0.5) is 18.9 Å². The summed E-state index contributed by atoms with van der Waals surface area (Å²) in [5.41, 5.74) is 9.11. The third kappa shape index (κ3) is 4.09. The van der Waals surface area contributed by atoms with Gasteiger partial charge < -0.3 is 20.9 Å². The van der Waals surface area contributed by atoms with Gasteiger partial charge in [-0.1, -0.05) is 0 Å². The predicted octanol–water partition coefficient (Wildman–Crippen LogP) is 2.68. The van der Waals surface area contributed by atoms with Crippen molar-refractivity contribution < 1.29 is 18.0 Å². The lowest BCUT2D eigenvalue weighted by Crippen LogP contribution is -2.66. The van der Waals surface area contributed by atoms with Crippen LogP contribution in [0.2, 0.25) is 0 Å². The minimum absolute atomic E-state index is 0.160. The molecule has 12 heteroatoms. The van der Waals surface area contributed by atoms with Gasteiger partial charge in [-0.15, -0.1) is 0 Å². The topological polar surface area (TPSA) is 118 Å². The number of carbonyl (C=O) groups excluding carboxylic acids is 1. The molecule has 3 aromatic heterocycles. The van der Waals surface area contributed by atoms with Crippen LogP contribution in [-0.4, -0.2) is 62.5 Å². The number of rotatable bonds is 6. The minimum Gasteiger partial charge on any atom is -0.366 e. The van der Waals surface area contributed by atoms with Crippen LogP contribution in [0.25, 0.3) is 22.3 Å². The highest BCUT2D eigenvalue weighted by molar-refractivity contribution is 5.94. The van der Waals surface area contributed by atoms with Gasteiger partial charge in [0.05, 0.1) is 11.9 Å². The van der Waals surface area contributed by atoms with E-state index < -0.39 is 23.7 Å². The SMILES string of the molecule is CC(NC(=O)c1ccc(N2CC(CN)(n3cc(-c4ncnc5[nH]ccc45)cn3)C2)cc1)C(F)(F)F. The molecule has 1 aliphatic rings. The number of hydrogen-bond acceptors (Lipinski definition) is 6. The molecular formula is C23H23F3N8O. The third-order valence-corrected chi connectivity index (χ3v) is 6.38. The number of nitrogens with one attached hydrogen (secondary N) is 2. The molecule has 5 rings (SSSR count). The van der Waals surface area contributed by atoms with E-state index in [-0.39, 0.29) is 5.56 Å². The van der Waals surface area contributed by atoms with E-state index in [1.807, 2.05) is 28.5 Å². The largest absolute Gasteiger partial charge is 0.408 e. The first-order chi connectivity index (χ1) is 16.7. The van der Waals surface area contributed by atoms with E-state index in [1.165, 1.54) is 18.5 Å². The van der Waals surface area contributed by atoms with Crippen LogP contribution < -0.4 is 16.0 Å². The first kappa shape index (κ1) is 22.8. The summed E-state index contributed by atoms with van der Waals surface area (Å²) in [6, 6.07) is 6.44. The highest BCUT2D eigenvalue weighted by Gasteiger charge is 2.44. The molecule has 1 fully saturated rings. The molecule has 1 amide bonds. The van der Waals surface area contributed by atoms with Gasteiger partial charge >= 0.3 is 6.18 Å². The molecule has 0 bridgehead atoms. The van der Waals surface area contributed by atoms with Gasteiger partial charge in [0.15, 0.2) is 0 Å². The van der Waals surface area contributed by atoms with E-state index in [4.69, 9.17) is 5.73 Å². The molecule has 1 aromatic carbocycles.